The fourth-order valence-corrected chi connectivity index (χ4v) is 5.10. The van der Waals surface area contributed by atoms with Gasteiger partial charge in [-0.05, 0) is 42.5 Å². The van der Waals surface area contributed by atoms with Gasteiger partial charge < -0.3 is 14.4 Å². The lowest BCUT2D eigenvalue weighted by Gasteiger charge is -2.38. The van der Waals surface area contributed by atoms with Crippen molar-refractivity contribution in [1.29, 1.82) is 0 Å². The van der Waals surface area contributed by atoms with Gasteiger partial charge in [0.2, 0.25) is 0 Å². The molecule has 34 heavy (non-hydrogen) atoms. The summed E-state index contributed by atoms with van der Waals surface area (Å²) < 4.78 is 14.2. The molecule has 1 unspecified atom stereocenters. The van der Waals surface area contributed by atoms with Crippen LogP contribution in [0.5, 0.6) is 11.5 Å². The van der Waals surface area contributed by atoms with Gasteiger partial charge in [-0.3, -0.25) is 4.42 Å². The van der Waals surface area contributed by atoms with Crippen LogP contribution in [-0.2, 0) is 10.3 Å². The number of carbonyl (C=O) groups is 1. The Morgan fingerprint density at radius 2 is 1.44 bits per heavy atom. The number of carbonyl (C=O) groups excluding carboxylic acids is 1. The number of fused-ring (bicyclic) bond motifs is 6. The standard InChI is InChI=1S/C28H21ClN2O3/c1-30(2)18-9-7-10-19(17-18)31(29)23-14-8-16-25-26(23)28(22-13-5-6-15-24(22)33-25)21-12-4-3-11-20(21)27(32)34-28/h3-17H,1-2H3. The van der Waals surface area contributed by atoms with E-state index in [2.05, 4.69) is 0 Å². The van der Waals surface area contributed by atoms with Crippen molar-refractivity contribution in [3.63, 3.8) is 0 Å². The van der Waals surface area contributed by atoms with Gasteiger partial charge in [-0.25, -0.2) is 4.79 Å². The first-order chi connectivity index (χ1) is 16.5. The number of esters is 1. The number of nitrogens with zero attached hydrogens (tertiary/aromatic N) is 2. The molecule has 0 saturated heterocycles. The maximum atomic E-state index is 13.1. The molecular weight excluding hydrogens is 448 g/mol. The lowest BCUT2D eigenvalue weighted by atomic mass is 9.77. The van der Waals surface area contributed by atoms with Gasteiger partial charge in [-0.2, -0.15) is 0 Å². The van der Waals surface area contributed by atoms with E-state index in [1.54, 1.807) is 10.5 Å². The molecule has 1 spiro atoms. The predicted molar refractivity (Wildman–Crippen MR) is 133 cm³/mol. The van der Waals surface area contributed by atoms with Gasteiger partial charge in [-0.1, -0.05) is 48.5 Å². The third-order valence-electron chi connectivity index (χ3n) is 6.40. The molecular formula is C28H21ClN2O3. The van der Waals surface area contributed by atoms with Gasteiger partial charge in [0.05, 0.1) is 22.5 Å². The van der Waals surface area contributed by atoms with Gasteiger partial charge in [0.25, 0.3) is 0 Å². The number of rotatable bonds is 3. The molecule has 0 amide bonds. The summed E-state index contributed by atoms with van der Waals surface area (Å²) in [5, 5.41) is 0. The second kappa shape index (κ2) is 7.54. The van der Waals surface area contributed by atoms with Crippen LogP contribution in [0.1, 0.15) is 27.0 Å². The van der Waals surface area contributed by atoms with E-state index in [4.69, 9.17) is 21.3 Å². The molecule has 0 aromatic heterocycles. The highest BCUT2D eigenvalue weighted by molar-refractivity contribution is 6.30. The third kappa shape index (κ3) is 2.83. The second-order valence-electron chi connectivity index (χ2n) is 8.56. The zero-order chi connectivity index (χ0) is 23.4. The van der Waals surface area contributed by atoms with Gasteiger partial charge in [-0.15, -0.1) is 0 Å². The normalized spacial score (nSPS) is 17.3. The highest BCUT2D eigenvalue weighted by atomic mass is 35.5. The second-order valence-corrected chi connectivity index (χ2v) is 8.90. The predicted octanol–water partition coefficient (Wildman–Crippen LogP) is 6.61. The molecule has 6 rings (SSSR count). The minimum atomic E-state index is -1.18. The fraction of sp³-hybridized carbons (Fsp3) is 0.107. The Morgan fingerprint density at radius 1 is 0.765 bits per heavy atom. The Hall–Kier alpha value is -3.96. The molecule has 0 radical (unpaired) electrons. The Morgan fingerprint density at radius 3 is 2.26 bits per heavy atom. The van der Waals surface area contributed by atoms with E-state index < -0.39 is 5.60 Å². The molecule has 4 aromatic carbocycles. The van der Waals surface area contributed by atoms with Crippen LogP contribution in [0, 0.1) is 0 Å². The van der Waals surface area contributed by atoms with Crippen molar-refractivity contribution < 1.29 is 14.3 Å². The van der Waals surface area contributed by atoms with Gasteiger partial charge in [0, 0.05) is 42.7 Å². The molecule has 168 valence electrons. The summed E-state index contributed by atoms with van der Waals surface area (Å²) in [5.74, 6) is 0.867. The van der Waals surface area contributed by atoms with Crippen molar-refractivity contribution in [3.05, 3.63) is 113 Å². The molecule has 2 aliphatic rings. The molecule has 0 N–H and O–H groups in total. The van der Waals surface area contributed by atoms with Crippen molar-refractivity contribution in [2.24, 2.45) is 0 Å². The summed E-state index contributed by atoms with van der Waals surface area (Å²) in [4.78, 5) is 15.1. The molecule has 0 bridgehead atoms. The molecule has 2 heterocycles. The number of halogens is 1. The van der Waals surface area contributed by atoms with Crippen LogP contribution in [0.15, 0.2) is 91.0 Å². The molecule has 0 saturated carbocycles. The maximum Gasteiger partial charge on any atom is 0.340 e. The number of hydrogen-bond acceptors (Lipinski definition) is 5. The Labute approximate surface area is 202 Å². The topological polar surface area (TPSA) is 42.0 Å². The summed E-state index contributed by atoms with van der Waals surface area (Å²) in [5.41, 5.74) is 4.06. The minimum absolute atomic E-state index is 0.371. The van der Waals surface area contributed by atoms with E-state index in [-0.39, 0.29) is 5.97 Å². The zero-order valence-corrected chi connectivity index (χ0v) is 19.4. The number of para-hydroxylation sites is 1. The lowest BCUT2D eigenvalue weighted by molar-refractivity contribution is 0.0226. The minimum Gasteiger partial charge on any atom is -0.456 e. The molecule has 2 aliphatic heterocycles. The first-order valence-electron chi connectivity index (χ1n) is 11.0. The summed E-state index contributed by atoms with van der Waals surface area (Å²) in [6.45, 7) is 0. The molecule has 6 heteroatoms. The van der Waals surface area contributed by atoms with E-state index >= 15 is 0 Å². The first-order valence-corrected chi connectivity index (χ1v) is 11.3. The summed E-state index contributed by atoms with van der Waals surface area (Å²) >= 11 is 7.02. The Balaban J connectivity index is 1.64. The first kappa shape index (κ1) is 20.6. The van der Waals surface area contributed by atoms with E-state index in [0.29, 0.717) is 28.3 Å². The molecule has 0 fully saturated rings. The van der Waals surface area contributed by atoms with Crippen molar-refractivity contribution in [2.75, 3.05) is 23.4 Å². The quantitative estimate of drug-likeness (QED) is 0.250. The molecule has 1 atom stereocenters. The van der Waals surface area contributed by atoms with Crippen LogP contribution < -0.4 is 14.1 Å². The maximum absolute atomic E-state index is 13.1. The Bertz CT molecular complexity index is 1450. The van der Waals surface area contributed by atoms with Gasteiger partial charge in [0.1, 0.15) is 11.5 Å². The average Bonchev–Trinajstić information content (AvgIpc) is 3.16. The Kier molecular flexibility index (Phi) is 4.57. The lowest BCUT2D eigenvalue weighted by Crippen LogP contribution is -2.34. The average molecular weight is 469 g/mol. The monoisotopic (exact) mass is 468 g/mol. The zero-order valence-electron chi connectivity index (χ0n) is 18.7. The highest BCUT2D eigenvalue weighted by Crippen LogP contribution is 2.59. The smallest absolute Gasteiger partial charge is 0.340 e. The molecule has 5 nitrogen and oxygen atoms in total. The largest absolute Gasteiger partial charge is 0.456 e. The van der Waals surface area contributed by atoms with Crippen LogP contribution in [0.4, 0.5) is 17.1 Å². The van der Waals surface area contributed by atoms with Crippen molar-refractivity contribution >= 4 is 34.8 Å². The third-order valence-corrected chi connectivity index (χ3v) is 6.78. The van der Waals surface area contributed by atoms with Crippen molar-refractivity contribution in [2.45, 2.75) is 5.60 Å². The number of hydrogen-bond donors (Lipinski definition) is 0. The van der Waals surface area contributed by atoms with Crippen LogP contribution in [0.3, 0.4) is 0 Å². The van der Waals surface area contributed by atoms with Crippen LogP contribution >= 0.6 is 11.8 Å². The molecule has 0 aliphatic carbocycles. The summed E-state index contributed by atoms with van der Waals surface area (Å²) in [7, 11) is 3.97. The van der Waals surface area contributed by atoms with Crippen LogP contribution in [-0.4, -0.2) is 20.1 Å². The van der Waals surface area contributed by atoms with E-state index in [9.17, 15) is 4.79 Å². The number of anilines is 3. The highest BCUT2D eigenvalue weighted by Gasteiger charge is 2.55. The molecule has 4 aromatic rings. The van der Waals surface area contributed by atoms with Crippen molar-refractivity contribution in [1.82, 2.24) is 0 Å². The number of benzene rings is 4. The summed E-state index contributed by atoms with van der Waals surface area (Å²) in [6.07, 6.45) is 0. The number of ether oxygens (including phenoxy) is 2. The van der Waals surface area contributed by atoms with Gasteiger partial charge in [0.15, 0.2) is 5.60 Å². The van der Waals surface area contributed by atoms with E-state index in [1.807, 2.05) is 104 Å². The van der Waals surface area contributed by atoms with Crippen molar-refractivity contribution in [3.8, 4) is 11.5 Å². The SMILES string of the molecule is CN(C)c1cccc(N(Cl)c2cccc3c2C2(OC(=O)c4ccccc42)c2ccccc2O3)c1. The van der Waals surface area contributed by atoms with Crippen LogP contribution in [0.2, 0.25) is 0 Å². The van der Waals surface area contributed by atoms with E-state index in [1.165, 1.54) is 0 Å². The summed E-state index contributed by atoms with van der Waals surface area (Å²) in [6, 6.07) is 28.8. The van der Waals surface area contributed by atoms with E-state index in [0.717, 1.165) is 22.5 Å². The van der Waals surface area contributed by atoms with Crippen LogP contribution in [0.25, 0.3) is 0 Å². The van der Waals surface area contributed by atoms with Gasteiger partial charge >= 0.3 is 5.97 Å². The fourth-order valence-electron chi connectivity index (χ4n) is 4.86.